The third-order valence-corrected chi connectivity index (χ3v) is 2.15. The number of carbonyl (C=O) groups excluding carboxylic acids is 1. The predicted molar refractivity (Wildman–Crippen MR) is 70.6 cm³/mol. The van der Waals surface area contributed by atoms with E-state index in [1.54, 1.807) is 18.3 Å². The van der Waals surface area contributed by atoms with Gasteiger partial charge in [-0.25, -0.2) is 4.98 Å². The van der Waals surface area contributed by atoms with Crippen LogP contribution in [0.5, 0.6) is 0 Å². The first-order chi connectivity index (χ1) is 8.70. The third kappa shape index (κ3) is 5.06. The second-order valence-electron chi connectivity index (χ2n) is 3.87. The molecule has 0 fully saturated rings. The monoisotopic (exact) mass is 285 g/mol. The molecule has 2 aromatic heterocycles. The Hall–Kier alpha value is -1.93. The average Bonchev–Trinajstić information content (AvgIpc) is 2.68. The molecule has 0 saturated carbocycles. The maximum atomic E-state index is 10.9. The van der Waals surface area contributed by atoms with Crippen molar-refractivity contribution in [2.24, 2.45) is 5.73 Å². The minimum absolute atomic E-state index is 0.418. The van der Waals surface area contributed by atoms with Gasteiger partial charge in [0.1, 0.15) is 5.65 Å². The molecule has 2 heterocycles. The number of pyridine rings is 1. The molecule has 3 N–H and O–H groups in total. The summed E-state index contributed by atoms with van der Waals surface area (Å²) in [7, 11) is -3.67. The molecule has 0 aliphatic carbocycles. The summed E-state index contributed by atoms with van der Waals surface area (Å²) < 4.78 is 27.7. The topological polar surface area (TPSA) is 115 Å². The van der Waals surface area contributed by atoms with E-state index in [4.69, 9.17) is 10.3 Å². The largest absolute Gasteiger partial charge is 0.366 e. The fraction of sp³-hybridized carbons (Fsp3) is 0.273. The zero-order chi connectivity index (χ0) is 14.6. The number of aromatic nitrogens is 2. The van der Waals surface area contributed by atoms with E-state index in [-0.39, 0.29) is 0 Å². The molecule has 8 heteroatoms. The van der Waals surface area contributed by atoms with Crippen LogP contribution in [-0.2, 0) is 16.5 Å². The number of primary amides is 1. The summed E-state index contributed by atoms with van der Waals surface area (Å²) in [5.41, 5.74) is 7.51. The number of hydrogen-bond donors (Lipinski definition) is 2. The highest BCUT2D eigenvalue weighted by Crippen LogP contribution is 2.07. The van der Waals surface area contributed by atoms with Gasteiger partial charge < -0.3 is 10.1 Å². The number of carbonyl (C=O) groups is 1. The van der Waals surface area contributed by atoms with Crippen LogP contribution in [0.4, 0.5) is 0 Å². The summed E-state index contributed by atoms with van der Waals surface area (Å²) in [5, 5.41) is 0. The molecule has 0 radical (unpaired) electrons. The summed E-state index contributed by atoms with van der Waals surface area (Å²) in [5.74, 6) is -0.418. The van der Waals surface area contributed by atoms with Crippen molar-refractivity contribution in [1.82, 2.24) is 9.38 Å². The van der Waals surface area contributed by atoms with Crippen LogP contribution in [0.3, 0.4) is 0 Å². The molecule has 0 saturated heterocycles. The zero-order valence-corrected chi connectivity index (χ0v) is 11.4. The van der Waals surface area contributed by atoms with Gasteiger partial charge in [0.2, 0.25) is 5.91 Å². The van der Waals surface area contributed by atoms with Crippen LogP contribution in [0.15, 0.2) is 24.5 Å². The number of amides is 1. The molecule has 0 aliphatic heterocycles. The van der Waals surface area contributed by atoms with Gasteiger partial charge in [-0.15, -0.1) is 0 Å². The lowest BCUT2D eigenvalue weighted by atomic mass is 10.3. The van der Waals surface area contributed by atoms with E-state index in [1.165, 1.54) is 0 Å². The Morgan fingerprint density at radius 1 is 1.42 bits per heavy atom. The predicted octanol–water partition coefficient (Wildman–Crippen LogP) is 0.500. The van der Waals surface area contributed by atoms with E-state index in [0.717, 1.165) is 17.8 Å². The lowest BCUT2D eigenvalue weighted by Crippen LogP contribution is -2.11. The summed E-state index contributed by atoms with van der Waals surface area (Å²) in [4.78, 5) is 15.3. The first-order valence-electron chi connectivity index (χ1n) is 5.40. The van der Waals surface area contributed by atoms with E-state index in [1.807, 2.05) is 17.5 Å². The van der Waals surface area contributed by atoms with Crippen LogP contribution in [-0.4, -0.2) is 34.5 Å². The number of hydrogen-bond acceptors (Lipinski definition) is 4. The Bertz CT molecular complexity index is 683. The number of imidazole rings is 1. The Balaban J connectivity index is 0.000000312. The number of rotatable bonds is 2. The van der Waals surface area contributed by atoms with Crippen molar-refractivity contribution in [2.75, 3.05) is 6.26 Å². The Labute approximate surface area is 110 Å². The molecule has 0 spiro atoms. The van der Waals surface area contributed by atoms with Crippen LogP contribution in [0.2, 0.25) is 0 Å². The molecule has 0 unspecified atom stereocenters. The SMILES string of the molecule is CCc1cn2cc(C(N)=O)ccc2n1.CS(=O)(=O)O. The molecule has 0 bridgehead atoms. The van der Waals surface area contributed by atoms with E-state index in [2.05, 4.69) is 4.98 Å². The van der Waals surface area contributed by atoms with Gasteiger partial charge in [-0.2, -0.15) is 8.42 Å². The lowest BCUT2D eigenvalue weighted by molar-refractivity contribution is 0.1000. The molecule has 7 nitrogen and oxygen atoms in total. The molecule has 1 amide bonds. The molecule has 0 aliphatic rings. The molecular formula is C11H15N3O4S. The molecular weight excluding hydrogens is 270 g/mol. The van der Waals surface area contributed by atoms with E-state index in [0.29, 0.717) is 11.8 Å². The molecule has 0 atom stereocenters. The molecule has 104 valence electrons. The van der Waals surface area contributed by atoms with Crippen LogP contribution in [0.1, 0.15) is 23.0 Å². The second-order valence-corrected chi connectivity index (χ2v) is 5.33. The average molecular weight is 285 g/mol. The maximum Gasteiger partial charge on any atom is 0.261 e. The zero-order valence-electron chi connectivity index (χ0n) is 10.6. The van der Waals surface area contributed by atoms with Crippen molar-refractivity contribution in [1.29, 1.82) is 0 Å². The first kappa shape index (κ1) is 15.1. The van der Waals surface area contributed by atoms with Crippen molar-refractivity contribution in [3.05, 3.63) is 35.8 Å². The quantitative estimate of drug-likeness (QED) is 0.780. The molecule has 0 aromatic carbocycles. The first-order valence-corrected chi connectivity index (χ1v) is 7.25. The van der Waals surface area contributed by atoms with Crippen molar-refractivity contribution in [2.45, 2.75) is 13.3 Å². The Morgan fingerprint density at radius 3 is 2.47 bits per heavy atom. The maximum absolute atomic E-state index is 10.9. The second kappa shape index (κ2) is 5.81. The van der Waals surface area contributed by atoms with Gasteiger partial charge in [0.15, 0.2) is 0 Å². The van der Waals surface area contributed by atoms with Crippen LogP contribution in [0.25, 0.3) is 5.65 Å². The van der Waals surface area contributed by atoms with Gasteiger partial charge in [-0.3, -0.25) is 9.35 Å². The Morgan fingerprint density at radius 2 is 2.00 bits per heavy atom. The van der Waals surface area contributed by atoms with Gasteiger partial charge in [-0.05, 0) is 18.6 Å². The van der Waals surface area contributed by atoms with Crippen molar-refractivity contribution in [3.8, 4) is 0 Å². The number of fused-ring (bicyclic) bond motifs is 1. The normalized spacial score (nSPS) is 10.9. The summed E-state index contributed by atoms with van der Waals surface area (Å²) in [6.07, 6.45) is 5.20. The van der Waals surface area contributed by atoms with Crippen LogP contribution >= 0.6 is 0 Å². The number of nitrogens with zero attached hydrogens (tertiary/aromatic N) is 2. The fourth-order valence-electron chi connectivity index (χ4n) is 1.36. The molecule has 19 heavy (non-hydrogen) atoms. The van der Waals surface area contributed by atoms with E-state index < -0.39 is 16.0 Å². The van der Waals surface area contributed by atoms with Crippen LogP contribution in [0, 0.1) is 0 Å². The summed E-state index contributed by atoms with van der Waals surface area (Å²) >= 11 is 0. The van der Waals surface area contributed by atoms with Gasteiger partial charge in [-0.1, -0.05) is 6.92 Å². The van der Waals surface area contributed by atoms with Gasteiger partial charge in [0.25, 0.3) is 10.1 Å². The number of aryl methyl sites for hydroxylation is 1. The molecule has 2 aromatic rings. The minimum Gasteiger partial charge on any atom is -0.366 e. The standard InChI is InChI=1S/C10H11N3O.CH4O3S/c1-2-8-6-13-5-7(10(11)14)3-4-9(13)12-8;1-5(2,3)4/h3-6H,2H2,1H3,(H2,11,14);1H3,(H,2,3,4). The third-order valence-electron chi connectivity index (χ3n) is 2.15. The summed E-state index contributed by atoms with van der Waals surface area (Å²) in [6, 6.07) is 3.48. The minimum atomic E-state index is -3.67. The van der Waals surface area contributed by atoms with E-state index in [9.17, 15) is 13.2 Å². The van der Waals surface area contributed by atoms with Gasteiger partial charge in [0.05, 0.1) is 17.5 Å². The van der Waals surface area contributed by atoms with Gasteiger partial charge in [0, 0.05) is 12.4 Å². The smallest absolute Gasteiger partial charge is 0.261 e. The van der Waals surface area contributed by atoms with Crippen molar-refractivity contribution < 1.29 is 17.8 Å². The van der Waals surface area contributed by atoms with Crippen molar-refractivity contribution in [3.63, 3.8) is 0 Å². The lowest BCUT2D eigenvalue weighted by Gasteiger charge is -1.95. The van der Waals surface area contributed by atoms with Crippen molar-refractivity contribution >= 4 is 21.7 Å². The highest BCUT2D eigenvalue weighted by atomic mass is 32.2. The van der Waals surface area contributed by atoms with E-state index >= 15 is 0 Å². The van der Waals surface area contributed by atoms with Crippen LogP contribution < -0.4 is 5.73 Å². The fourth-order valence-corrected chi connectivity index (χ4v) is 1.36. The van der Waals surface area contributed by atoms with Gasteiger partial charge >= 0.3 is 0 Å². The molecule has 2 rings (SSSR count). The number of nitrogens with two attached hydrogens (primary N) is 1. The summed E-state index contributed by atoms with van der Waals surface area (Å²) in [6.45, 7) is 2.04. The highest BCUT2D eigenvalue weighted by Gasteiger charge is 2.03. The highest BCUT2D eigenvalue weighted by molar-refractivity contribution is 7.85. The Kier molecular flexibility index (Phi) is 4.62.